The van der Waals surface area contributed by atoms with Gasteiger partial charge in [0.2, 0.25) is 0 Å². The topological polar surface area (TPSA) is 26.3 Å². The Balaban J connectivity index is 2.00. The molecular weight excluding hydrogens is 224 g/mol. The zero-order valence-corrected chi connectivity index (χ0v) is 12.2. The van der Waals surface area contributed by atoms with E-state index in [4.69, 9.17) is 4.74 Å². The average Bonchev–Trinajstić information content (AvgIpc) is 2.53. The number of carbonyl (C=O) groups excluding carboxylic acids is 1. The van der Waals surface area contributed by atoms with E-state index in [1.165, 1.54) is 25.7 Å². The highest BCUT2D eigenvalue weighted by Gasteiger charge is 2.62. The summed E-state index contributed by atoms with van der Waals surface area (Å²) in [7, 11) is 0. The van der Waals surface area contributed by atoms with Gasteiger partial charge in [-0.15, -0.1) is 0 Å². The third-order valence-corrected chi connectivity index (χ3v) is 6.46. The quantitative estimate of drug-likeness (QED) is 0.609. The van der Waals surface area contributed by atoms with E-state index in [2.05, 4.69) is 27.7 Å². The van der Waals surface area contributed by atoms with E-state index in [9.17, 15) is 4.79 Å². The highest BCUT2D eigenvalue weighted by molar-refractivity contribution is 5.73. The van der Waals surface area contributed by atoms with Gasteiger partial charge in [-0.2, -0.15) is 0 Å². The first kappa shape index (κ1) is 12.5. The molecule has 3 fully saturated rings. The summed E-state index contributed by atoms with van der Waals surface area (Å²) in [5.41, 5.74) is 0.566. The summed E-state index contributed by atoms with van der Waals surface area (Å²) in [5.74, 6) is 1.23. The molecule has 0 unspecified atom stereocenters. The monoisotopic (exact) mass is 250 g/mol. The van der Waals surface area contributed by atoms with Crippen LogP contribution in [0.15, 0.2) is 0 Å². The number of carbonyl (C=O) groups is 1. The fourth-order valence-corrected chi connectivity index (χ4v) is 5.65. The van der Waals surface area contributed by atoms with Gasteiger partial charge in [-0.05, 0) is 49.4 Å². The predicted molar refractivity (Wildman–Crippen MR) is 71.1 cm³/mol. The van der Waals surface area contributed by atoms with Crippen molar-refractivity contribution in [2.24, 2.45) is 22.7 Å². The van der Waals surface area contributed by atoms with E-state index in [0.717, 1.165) is 12.3 Å². The molecule has 1 heterocycles. The summed E-state index contributed by atoms with van der Waals surface area (Å²) in [4.78, 5) is 11.8. The molecular formula is C16H26O2. The van der Waals surface area contributed by atoms with Crippen LogP contribution in [0, 0.1) is 22.7 Å². The van der Waals surface area contributed by atoms with Crippen LogP contribution in [-0.2, 0) is 9.53 Å². The molecule has 0 N–H and O–H groups in total. The number of ether oxygens (including phenoxy) is 1. The van der Waals surface area contributed by atoms with Crippen LogP contribution in [0.4, 0.5) is 0 Å². The van der Waals surface area contributed by atoms with Gasteiger partial charge in [0.05, 0.1) is 6.42 Å². The number of hydrogen-bond donors (Lipinski definition) is 0. The Morgan fingerprint density at radius 2 is 1.78 bits per heavy atom. The van der Waals surface area contributed by atoms with Crippen LogP contribution in [0.25, 0.3) is 0 Å². The molecule has 0 amide bonds. The molecule has 3 rings (SSSR count). The third-order valence-electron chi connectivity index (χ3n) is 6.46. The first-order chi connectivity index (χ1) is 8.28. The Morgan fingerprint density at radius 1 is 1.06 bits per heavy atom. The molecule has 0 bridgehead atoms. The highest BCUT2D eigenvalue weighted by atomic mass is 16.6. The summed E-state index contributed by atoms with van der Waals surface area (Å²) >= 11 is 0. The standard InChI is InChI=1S/C16H26O2/c1-14(2)7-5-8-15(3)11(14)6-9-16(4)12(15)10-13(17)18-16/h11-12H,5-10H2,1-4H3/t11-,12+,15+,16+/m0/s1. The van der Waals surface area contributed by atoms with Crippen molar-refractivity contribution in [3.05, 3.63) is 0 Å². The number of hydrogen-bond acceptors (Lipinski definition) is 2. The molecule has 1 saturated heterocycles. The molecule has 2 nitrogen and oxygen atoms in total. The molecule has 0 radical (unpaired) electrons. The van der Waals surface area contributed by atoms with Gasteiger partial charge in [0.1, 0.15) is 5.60 Å². The van der Waals surface area contributed by atoms with Gasteiger partial charge >= 0.3 is 5.97 Å². The van der Waals surface area contributed by atoms with Gasteiger partial charge < -0.3 is 4.74 Å². The van der Waals surface area contributed by atoms with Gasteiger partial charge in [0, 0.05) is 5.92 Å². The summed E-state index contributed by atoms with van der Waals surface area (Å²) in [6.45, 7) is 9.46. The van der Waals surface area contributed by atoms with Crippen molar-refractivity contribution in [3.63, 3.8) is 0 Å². The molecule has 0 spiro atoms. The number of fused-ring (bicyclic) bond motifs is 3. The molecule has 0 aromatic heterocycles. The molecule has 2 heteroatoms. The van der Waals surface area contributed by atoms with E-state index in [1.807, 2.05) is 0 Å². The summed E-state index contributed by atoms with van der Waals surface area (Å²) in [6, 6.07) is 0. The Kier molecular flexibility index (Phi) is 2.44. The Labute approximate surface area is 110 Å². The Hall–Kier alpha value is -0.530. The minimum absolute atomic E-state index is 0.0350. The summed E-state index contributed by atoms with van der Waals surface area (Å²) < 4.78 is 5.70. The number of rotatable bonds is 0. The van der Waals surface area contributed by atoms with E-state index < -0.39 is 0 Å². The van der Waals surface area contributed by atoms with E-state index in [1.54, 1.807) is 0 Å². The minimum atomic E-state index is -0.171. The lowest BCUT2D eigenvalue weighted by Crippen LogP contribution is -2.55. The lowest BCUT2D eigenvalue weighted by Gasteiger charge is -2.59. The molecule has 18 heavy (non-hydrogen) atoms. The smallest absolute Gasteiger partial charge is 0.306 e. The second-order valence-corrected chi connectivity index (χ2v) is 7.98. The largest absolute Gasteiger partial charge is 0.459 e. The Bertz CT molecular complexity index is 387. The average molecular weight is 250 g/mol. The number of esters is 1. The fourth-order valence-electron chi connectivity index (χ4n) is 5.65. The molecule has 102 valence electrons. The lowest BCUT2D eigenvalue weighted by atomic mass is 9.45. The van der Waals surface area contributed by atoms with Gasteiger partial charge in [-0.1, -0.05) is 27.2 Å². The highest BCUT2D eigenvalue weighted by Crippen LogP contribution is 2.64. The second-order valence-electron chi connectivity index (χ2n) is 7.98. The minimum Gasteiger partial charge on any atom is -0.459 e. The van der Waals surface area contributed by atoms with Crippen molar-refractivity contribution in [1.29, 1.82) is 0 Å². The summed E-state index contributed by atoms with van der Waals surface area (Å²) in [5, 5.41) is 0. The van der Waals surface area contributed by atoms with E-state index >= 15 is 0 Å². The van der Waals surface area contributed by atoms with Crippen LogP contribution in [0.2, 0.25) is 0 Å². The van der Waals surface area contributed by atoms with Gasteiger partial charge in [0.25, 0.3) is 0 Å². The van der Waals surface area contributed by atoms with Gasteiger partial charge in [-0.3, -0.25) is 4.79 Å². The summed E-state index contributed by atoms with van der Waals surface area (Å²) in [6.07, 6.45) is 6.86. The molecule has 2 saturated carbocycles. The maximum atomic E-state index is 11.8. The van der Waals surface area contributed by atoms with Crippen LogP contribution in [0.5, 0.6) is 0 Å². The third kappa shape index (κ3) is 1.50. The van der Waals surface area contributed by atoms with Gasteiger partial charge in [0.15, 0.2) is 0 Å². The van der Waals surface area contributed by atoms with Gasteiger partial charge in [-0.25, -0.2) is 0 Å². The maximum Gasteiger partial charge on any atom is 0.306 e. The van der Waals surface area contributed by atoms with E-state index in [-0.39, 0.29) is 11.6 Å². The second kappa shape index (κ2) is 3.52. The zero-order valence-electron chi connectivity index (χ0n) is 12.2. The maximum absolute atomic E-state index is 11.8. The van der Waals surface area contributed by atoms with Crippen molar-refractivity contribution in [2.75, 3.05) is 0 Å². The van der Waals surface area contributed by atoms with Crippen LogP contribution in [-0.4, -0.2) is 11.6 Å². The van der Waals surface area contributed by atoms with Crippen molar-refractivity contribution >= 4 is 5.97 Å². The Morgan fingerprint density at radius 3 is 2.50 bits per heavy atom. The normalized spacial score (nSPS) is 50.3. The molecule has 0 aromatic carbocycles. The van der Waals surface area contributed by atoms with Crippen LogP contribution < -0.4 is 0 Å². The van der Waals surface area contributed by atoms with Crippen LogP contribution >= 0.6 is 0 Å². The van der Waals surface area contributed by atoms with Crippen molar-refractivity contribution in [3.8, 4) is 0 Å². The SMILES string of the molecule is CC1(C)CCC[C@@]2(C)[C@H]3CC(=O)O[C@]3(C)CC[C@@H]12. The first-order valence-corrected chi connectivity index (χ1v) is 7.50. The molecule has 0 aromatic rings. The first-order valence-electron chi connectivity index (χ1n) is 7.50. The molecule has 2 aliphatic carbocycles. The molecule has 3 aliphatic rings. The predicted octanol–water partition coefficient (Wildman–Crippen LogP) is 3.93. The van der Waals surface area contributed by atoms with Crippen molar-refractivity contribution in [1.82, 2.24) is 0 Å². The van der Waals surface area contributed by atoms with E-state index in [0.29, 0.717) is 23.2 Å². The zero-order chi connectivity index (χ0) is 13.2. The van der Waals surface area contributed by atoms with Crippen LogP contribution in [0.1, 0.15) is 66.2 Å². The van der Waals surface area contributed by atoms with Crippen molar-refractivity contribution in [2.45, 2.75) is 71.8 Å². The van der Waals surface area contributed by atoms with Crippen molar-refractivity contribution < 1.29 is 9.53 Å². The fraction of sp³-hybridized carbons (Fsp3) is 0.938. The van der Waals surface area contributed by atoms with Crippen LogP contribution in [0.3, 0.4) is 0 Å². The molecule has 1 aliphatic heterocycles. The molecule has 4 atom stereocenters. The lowest BCUT2D eigenvalue weighted by molar-refractivity contribution is -0.164.